The maximum absolute atomic E-state index is 11.8. The van der Waals surface area contributed by atoms with Gasteiger partial charge in [-0.25, -0.2) is 0 Å². The van der Waals surface area contributed by atoms with Crippen molar-refractivity contribution >= 4 is 28.8 Å². The van der Waals surface area contributed by atoms with Crippen LogP contribution in [0.1, 0.15) is 26.2 Å². The zero-order chi connectivity index (χ0) is 18.5. The molecule has 6 heteroatoms. The maximum atomic E-state index is 11.8. The van der Waals surface area contributed by atoms with Gasteiger partial charge in [0.15, 0.2) is 0 Å². The van der Waals surface area contributed by atoms with Gasteiger partial charge in [-0.05, 0) is 37.6 Å². The normalized spacial score (nSPS) is 25.1. The Morgan fingerprint density at radius 3 is 2.73 bits per heavy atom. The Morgan fingerprint density at radius 1 is 1.15 bits per heavy atom. The largest absolute Gasteiger partial charge is 0.358 e. The number of ether oxygens (including phenoxy) is 1. The van der Waals surface area contributed by atoms with Gasteiger partial charge < -0.3 is 20.7 Å². The summed E-state index contributed by atoms with van der Waals surface area (Å²) in [5, 5.41) is 4.87. The first-order chi connectivity index (χ1) is 12.6. The number of carbonyl (C=O) groups excluding carboxylic acids is 2. The average molecular weight is 355 g/mol. The van der Waals surface area contributed by atoms with Crippen molar-refractivity contribution in [3.05, 3.63) is 42.5 Å². The molecule has 26 heavy (non-hydrogen) atoms. The molecule has 0 aromatic heterocycles. The monoisotopic (exact) mass is 355 g/mol. The van der Waals surface area contributed by atoms with Crippen LogP contribution in [0, 0.1) is 0 Å². The molecule has 0 saturated carbocycles. The topological polar surface area (TPSA) is 84.7 Å². The lowest BCUT2D eigenvalue weighted by Gasteiger charge is -2.27. The van der Waals surface area contributed by atoms with Gasteiger partial charge in [0.25, 0.3) is 0 Å². The first kappa shape index (κ1) is 18.4. The van der Waals surface area contributed by atoms with E-state index in [4.69, 9.17) is 10.5 Å². The van der Waals surface area contributed by atoms with Gasteiger partial charge >= 0.3 is 0 Å². The van der Waals surface area contributed by atoms with Crippen molar-refractivity contribution < 1.29 is 14.3 Å². The van der Waals surface area contributed by atoms with Crippen LogP contribution in [-0.2, 0) is 14.3 Å². The summed E-state index contributed by atoms with van der Waals surface area (Å²) in [7, 11) is 0. The number of fused-ring (bicyclic) bond motifs is 2. The van der Waals surface area contributed by atoms with Gasteiger partial charge in [-0.15, -0.1) is 0 Å². The van der Waals surface area contributed by atoms with Crippen LogP contribution in [0.25, 0.3) is 10.8 Å². The molecule has 2 saturated heterocycles. The number of hydrogen-bond acceptors (Lipinski definition) is 4. The molecule has 4 rings (SSSR count). The van der Waals surface area contributed by atoms with Crippen molar-refractivity contribution in [1.82, 2.24) is 4.90 Å². The van der Waals surface area contributed by atoms with Gasteiger partial charge in [0.2, 0.25) is 12.3 Å². The van der Waals surface area contributed by atoms with E-state index in [1.165, 1.54) is 0 Å². The first-order valence-electron chi connectivity index (χ1n) is 8.99. The first-order valence-corrected chi connectivity index (χ1v) is 8.99. The molecule has 2 heterocycles. The number of nitrogens with one attached hydrogen (secondary N) is 1. The number of nitrogens with zero attached hydrogens (tertiary/aromatic N) is 1. The molecule has 3 N–H and O–H groups in total. The quantitative estimate of drug-likeness (QED) is 0.811. The lowest BCUT2D eigenvalue weighted by molar-refractivity contribution is -0.141. The summed E-state index contributed by atoms with van der Waals surface area (Å²) in [5.41, 5.74) is 6.58. The molecule has 0 spiro atoms. The zero-order valence-corrected chi connectivity index (χ0v) is 14.9. The second-order valence-electron chi connectivity index (χ2n) is 6.68. The molecule has 2 aliphatic rings. The third kappa shape index (κ3) is 3.86. The highest BCUT2D eigenvalue weighted by Gasteiger charge is 2.38. The molecule has 2 amide bonds. The summed E-state index contributed by atoms with van der Waals surface area (Å²) in [6, 6.07) is 13.7. The smallest absolute Gasteiger partial charge is 0.241 e. The van der Waals surface area contributed by atoms with Crippen LogP contribution in [0.3, 0.4) is 0 Å². The zero-order valence-electron chi connectivity index (χ0n) is 14.9. The van der Waals surface area contributed by atoms with Crippen LogP contribution in [0.4, 0.5) is 5.69 Å². The average Bonchev–Trinajstić information content (AvgIpc) is 2.95. The van der Waals surface area contributed by atoms with Crippen molar-refractivity contribution in [2.24, 2.45) is 5.73 Å². The van der Waals surface area contributed by atoms with E-state index in [1.54, 1.807) is 0 Å². The SMILES string of the molecule is CC1CCC2OCCC(N)C(=O)N12.O=CNc1cccc2ccccc12. The van der Waals surface area contributed by atoms with Gasteiger partial charge in [0.1, 0.15) is 6.23 Å². The number of anilines is 1. The standard InChI is InChI=1S/C11H9NO.C9H16N2O2/c13-8-12-11-7-3-5-9-4-1-2-6-10(9)11;1-6-2-3-8-11(6)9(12)7(10)4-5-13-8/h1-8H,(H,12,13);6-8H,2-5,10H2,1H3. The van der Waals surface area contributed by atoms with Crippen LogP contribution in [0.5, 0.6) is 0 Å². The van der Waals surface area contributed by atoms with Crippen molar-refractivity contribution in [2.45, 2.75) is 44.5 Å². The highest BCUT2D eigenvalue weighted by atomic mass is 16.5. The molecule has 2 aliphatic heterocycles. The maximum Gasteiger partial charge on any atom is 0.241 e. The molecule has 2 aromatic carbocycles. The molecule has 2 fully saturated rings. The van der Waals surface area contributed by atoms with Crippen LogP contribution in [0.15, 0.2) is 42.5 Å². The highest BCUT2D eigenvalue weighted by molar-refractivity contribution is 5.97. The minimum absolute atomic E-state index is 0.00366. The summed E-state index contributed by atoms with van der Waals surface area (Å²) in [6.45, 7) is 2.67. The van der Waals surface area contributed by atoms with Crippen molar-refractivity contribution in [1.29, 1.82) is 0 Å². The molecule has 3 unspecified atom stereocenters. The molecular weight excluding hydrogens is 330 g/mol. The second kappa shape index (κ2) is 8.29. The van der Waals surface area contributed by atoms with Gasteiger partial charge in [-0.1, -0.05) is 36.4 Å². The summed E-state index contributed by atoms with van der Waals surface area (Å²) in [6.07, 6.45) is 3.33. The van der Waals surface area contributed by atoms with Crippen LogP contribution >= 0.6 is 0 Å². The van der Waals surface area contributed by atoms with E-state index in [0.717, 1.165) is 29.3 Å². The van der Waals surface area contributed by atoms with Gasteiger partial charge in [-0.2, -0.15) is 0 Å². The lowest BCUT2D eigenvalue weighted by Crippen LogP contribution is -2.47. The van der Waals surface area contributed by atoms with Crippen molar-refractivity contribution in [2.75, 3.05) is 11.9 Å². The number of carbonyl (C=O) groups is 2. The molecular formula is C20H25N3O3. The molecule has 0 bridgehead atoms. The van der Waals surface area contributed by atoms with E-state index in [9.17, 15) is 9.59 Å². The molecule has 0 aliphatic carbocycles. The minimum atomic E-state index is -0.356. The van der Waals surface area contributed by atoms with E-state index in [0.29, 0.717) is 25.5 Å². The fourth-order valence-corrected chi connectivity index (χ4v) is 3.53. The van der Waals surface area contributed by atoms with Crippen LogP contribution in [-0.4, -0.2) is 42.1 Å². The number of amides is 2. The third-order valence-electron chi connectivity index (χ3n) is 4.93. The Kier molecular flexibility index (Phi) is 5.85. The minimum Gasteiger partial charge on any atom is -0.358 e. The fourth-order valence-electron chi connectivity index (χ4n) is 3.53. The Bertz CT molecular complexity index is 774. The van der Waals surface area contributed by atoms with Crippen molar-refractivity contribution in [3.63, 3.8) is 0 Å². The molecule has 138 valence electrons. The Hall–Kier alpha value is -2.44. The lowest BCUT2D eigenvalue weighted by atomic mass is 10.1. The fraction of sp³-hybridized carbons (Fsp3) is 0.400. The van der Waals surface area contributed by atoms with Crippen LogP contribution < -0.4 is 11.1 Å². The molecule has 2 aromatic rings. The molecule has 0 radical (unpaired) electrons. The second-order valence-corrected chi connectivity index (χ2v) is 6.68. The van der Waals surface area contributed by atoms with E-state index < -0.39 is 0 Å². The Morgan fingerprint density at radius 2 is 1.92 bits per heavy atom. The molecule has 6 nitrogen and oxygen atoms in total. The number of benzene rings is 2. The number of rotatable bonds is 2. The van der Waals surface area contributed by atoms with E-state index >= 15 is 0 Å². The van der Waals surface area contributed by atoms with Gasteiger partial charge in [0.05, 0.1) is 12.6 Å². The number of hydrogen-bond donors (Lipinski definition) is 2. The van der Waals surface area contributed by atoms with Gasteiger partial charge in [-0.3, -0.25) is 9.59 Å². The van der Waals surface area contributed by atoms with E-state index in [-0.39, 0.29) is 18.2 Å². The summed E-state index contributed by atoms with van der Waals surface area (Å²) >= 11 is 0. The predicted molar refractivity (Wildman–Crippen MR) is 102 cm³/mol. The van der Waals surface area contributed by atoms with Crippen molar-refractivity contribution in [3.8, 4) is 0 Å². The Balaban J connectivity index is 0.000000151. The third-order valence-corrected chi connectivity index (χ3v) is 4.93. The van der Waals surface area contributed by atoms with E-state index in [1.807, 2.05) is 47.4 Å². The summed E-state index contributed by atoms with van der Waals surface area (Å²) in [4.78, 5) is 23.9. The summed E-state index contributed by atoms with van der Waals surface area (Å²) in [5.74, 6) is 0.0625. The van der Waals surface area contributed by atoms with Gasteiger partial charge in [0, 0.05) is 17.1 Å². The van der Waals surface area contributed by atoms with E-state index in [2.05, 4.69) is 12.2 Å². The van der Waals surface area contributed by atoms with Crippen LogP contribution in [0.2, 0.25) is 0 Å². The Labute approximate surface area is 153 Å². The number of nitrogens with two attached hydrogens (primary N) is 1. The molecule has 3 atom stereocenters. The predicted octanol–water partition coefficient (Wildman–Crippen LogP) is 2.48. The summed E-state index contributed by atoms with van der Waals surface area (Å²) < 4.78 is 5.56. The highest BCUT2D eigenvalue weighted by Crippen LogP contribution is 2.27.